The first-order valence-corrected chi connectivity index (χ1v) is 10.0. The highest BCUT2D eigenvalue weighted by atomic mass is 16.5. The maximum absolute atomic E-state index is 13.0. The topological polar surface area (TPSA) is 58.8 Å². The summed E-state index contributed by atoms with van der Waals surface area (Å²) in [7, 11) is 1.73. The van der Waals surface area contributed by atoms with Crippen LogP contribution in [0.25, 0.3) is 0 Å². The number of piperidine rings is 1. The van der Waals surface area contributed by atoms with Crippen LogP contribution in [-0.2, 0) is 28.9 Å². The van der Waals surface area contributed by atoms with Crippen LogP contribution in [0.5, 0.6) is 0 Å². The molecule has 1 saturated heterocycles. The number of carbonyl (C=O) groups excluding carboxylic acids is 1. The number of aryl methyl sites for hydroxylation is 1. The van der Waals surface area contributed by atoms with Crippen LogP contribution in [0.4, 0.5) is 0 Å². The molecule has 6 nitrogen and oxygen atoms in total. The molecule has 0 spiro atoms. The minimum atomic E-state index is 0.106. The van der Waals surface area contributed by atoms with E-state index in [1.165, 1.54) is 0 Å². The van der Waals surface area contributed by atoms with Gasteiger partial charge in [0.2, 0.25) is 5.91 Å². The Labute approximate surface area is 156 Å². The number of carbonyl (C=O) groups is 1. The van der Waals surface area contributed by atoms with Gasteiger partial charge in [-0.05, 0) is 31.7 Å². The summed E-state index contributed by atoms with van der Waals surface area (Å²) >= 11 is 0. The summed E-state index contributed by atoms with van der Waals surface area (Å²) in [5.74, 6) is 2.85. The smallest absolute Gasteiger partial charge is 0.227 e. The summed E-state index contributed by atoms with van der Waals surface area (Å²) in [6.45, 7) is 9.34. The first-order valence-electron chi connectivity index (χ1n) is 10.0. The summed E-state index contributed by atoms with van der Waals surface area (Å²) in [6, 6.07) is 0. The maximum Gasteiger partial charge on any atom is 0.227 e. The molecular weight excluding hydrogens is 330 g/mol. The van der Waals surface area contributed by atoms with E-state index in [1.807, 2.05) is 4.90 Å². The number of fused-ring (bicyclic) bond motifs is 1. The van der Waals surface area contributed by atoms with Gasteiger partial charge in [0, 0.05) is 39.6 Å². The van der Waals surface area contributed by atoms with E-state index in [0.29, 0.717) is 12.5 Å². The number of hydrogen-bond donors (Lipinski definition) is 0. The summed E-state index contributed by atoms with van der Waals surface area (Å²) < 4.78 is 11.1. The second-order valence-electron chi connectivity index (χ2n) is 8.05. The van der Waals surface area contributed by atoms with Crippen LogP contribution in [-0.4, -0.2) is 60.6 Å². The molecule has 0 aliphatic carbocycles. The fraction of sp³-hybridized carbons (Fsp3) is 0.800. The van der Waals surface area contributed by atoms with Crippen molar-refractivity contribution in [2.75, 3.05) is 39.9 Å². The predicted octanol–water partition coefficient (Wildman–Crippen LogP) is 2.51. The second-order valence-corrected chi connectivity index (χ2v) is 8.05. The van der Waals surface area contributed by atoms with Crippen molar-refractivity contribution in [3.8, 4) is 0 Å². The van der Waals surface area contributed by atoms with Crippen LogP contribution in [0.15, 0.2) is 4.42 Å². The number of aromatic nitrogens is 1. The minimum Gasteiger partial charge on any atom is -0.445 e. The first kappa shape index (κ1) is 19.4. The van der Waals surface area contributed by atoms with E-state index in [9.17, 15) is 4.79 Å². The molecule has 146 valence electrons. The highest BCUT2D eigenvalue weighted by Crippen LogP contribution is 2.25. The van der Waals surface area contributed by atoms with Crippen LogP contribution < -0.4 is 0 Å². The molecule has 0 saturated carbocycles. The van der Waals surface area contributed by atoms with Crippen LogP contribution in [0.1, 0.15) is 50.5 Å². The second kappa shape index (κ2) is 9.00. The van der Waals surface area contributed by atoms with E-state index in [4.69, 9.17) is 9.15 Å². The highest BCUT2D eigenvalue weighted by molar-refractivity contribution is 5.79. The fourth-order valence-corrected chi connectivity index (χ4v) is 3.90. The molecule has 1 amide bonds. The molecular formula is C20H33N3O3. The van der Waals surface area contributed by atoms with Crippen molar-refractivity contribution < 1.29 is 13.9 Å². The Hall–Kier alpha value is -1.40. The molecule has 0 radical (unpaired) electrons. The summed E-state index contributed by atoms with van der Waals surface area (Å²) in [5, 5.41) is 0. The lowest BCUT2D eigenvalue weighted by molar-refractivity contribution is -0.138. The van der Waals surface area contributed by atoms with Crippen molar-refractivity contribution in [1.29, 1.82) is 0 Å². The number of likely N-dealkylation sites (tertiary alicyclic amines) is 1. The zero-order valence-electron chi connectivity index (χ0n) is 16.5. The lowest BCUT2D eigenvalue weighted by Gasteiger charge is -2.35. The Kier molecular flexibility index (Phi) is 6.70. The van der Waals surface area contributed by atoms with E-state index in [1.54, 1.807) is 7.11 Å². The Morgan fingerprint density at radius 2 is 2.23 bits per heavy atom. The van der Waals surface area contributed by atoms with E-state index in [-0.39, 0.29) is 11.8 Å². The molecule has 1 unspecified atom stereocenters. The molecule has 0 aromatic carbocycles. The van der Waals surface area contributed by atoms with Crippen LogP contribution in [0, 0.1) is 11.8 Å². The Morgan fingerprint density at radius 3 is 3.00 bits per heavy atom. The molecule has 1 atom stereocenters. The third-order valence-electron chi connectivity index (χ3n) is 5.49. The number of ether oxygens (including phenoxy) is 1. The fourth-order valence-electron chi connectivity index (χ4n) is 3.90. The molecule has 2 aliphatic heterocycles. The molecule has 0 bridgehead atoms. The number of amides is 1. The van der Waals surface area contributed by atoms with Gasteiger partial charge < -0.3 is 19.0 Å². The first-order chi connectivity index (χ1) is 12.6. The SMILES string of the molecule is COCCN1CCCC(C(=O)N2CCc3oc(CCC(C)C)nc3C2)C1. The van der Waals surface area contributed by atoms with Crippen molar-refractivity contribution in [2.24, 2.45) is 11.8 Å². The summed E-state index contributed by atoms with van der Waals surface area (Å²) in [5.41, 5.74) is 0.968. The van der Waals surface area contributed by atoms with Gasteiger partial charge in [-0.25, -0.2) is 4.98 Å². The molecule has 3 rings (SSSR count). The molecule has 1 aromatic rings. The van der Waals surface area contributed by atoms with Gasteiger partial charge in [-0.15, -0.1) is 0 Å². The van der Waals surface area contributed by atoms with Crippen molar-refractivity contribution in [1.82, 2.24) is 14.8 Å². The molecule has 1 fully saturated rings. The highest BCUT2D eigenvalue weighted by Gasteiger charge is 2.32. The largest absolute Gasteiger partial charge is 0.445 e. The molecule has 0 N–H and O–H groups in total. The number of methoxy groups -OCH3 is 1. The van der Waals surface area contributed by atoms with E-state index < -0.39 is 0 Å². The van der Waals surface area contributed by atoms with Crippen molar-refractivity contribution in [2.45, 2.75) is 52.5 Å². The van der Waals surface area contributed by atoms with Crippen LogP contribution >= 0.6 is 0 Å². The van der Waals surface area contributed by atoms with Crippen molar-refractivity contribution >= 4 is 5.91 Å². The Morgan fingerprint density at radius 1 is 1.38 bits per heavy atom. The van der Waals surface area contributed by atoms with Gasteiger partial charge in [0.25, 0.3) is 0 Å². The van der Waals surface area contributed by atoms with E-state index in [0.717, 1.165) is 82.2 Å². The number of hydrogen-bond acceptors (Lipinski definition) is 5. The Balaban J connectivity index is 1.56. The third-order valence-corrected chi connectivity index (χ3v) is 5.49. The summed E-state index contributed by atoms with van der Waals surface area (Å²) in [6.07, 6.45) is 4.83. The van der Waals surface area contributed by atoms with Gasteiger partial charge in [0.1, 0.15) is 11.5 Å². The van der Waals surface area contributed by atoms with Crippen LogP contribution in [0.2, 0.25) is 0 Å². The van der Waals surface area contributed by atoms with Gasteiger partial charge in [-0.2, -0.15) is 0 Å². The summed E-state index contributed by atoms with van der Waals surface area (Å²) in [4.78, 5) is 22.0. The number of oxazole rings is 1. The van der Waals surface area contributed by atoms with Crippen molar-refractivity contribution in [3.05, 3.63) is 17.3 Å². The van der Waals surface area contributed by atoms with Crippen LogP contribution in [0.3, 0.4) is 0 Å². The lowest BCUT2D eigenvalue weighted by atomic mass is 9.95. The quantitative estimate of drug-likeness (QED) is 0.745. The lowest BCUT2D eigenvalue weighted by Crippen LogP contribution is -2.46. The molecule has 6 heteroatoms. The standard InChI is InChI=1S/C20H33N3O3/c1-15(2)6-7-19-21-17-14-23(10-8-18(17)26-19)20(24)16-5-4-9-22(13-16)11-12-25-3/h15-16H,4-14H2,1-3H3. The van der Waals surface area contributed by atoms with E-state index >= 15 is 0 Å². The minimum absolute atomic E-state index is 0.106. The Bertz CT molecular complexity index is 599. The molecule has 2 aliphatic rings. The van der Waals surface area contributed by atoms with E-state index in [2.05, 4.69) is 23.7 Å². The molecule has 3 heterocycles. The molecule has 1 aromatic heterocycles. The zero-order valence-corrected chi connectivity index (χ0v) is 16.5. The molecule has 26 heavy (non-hydrogen) atoms. The van der Waals surface area contributed by atoms with Crippen molar-refractivity contribution in [3.63, 3.8) is 0 Å². The number of nitrogens with zero attached hydrogens (tertiary/aromatic N) is 3. The maximum atomic E-state index is 13.0. The van der Waals surface area contributed by atoms with Gasteiger partial charge >= 0.3 is 0 Å². The van der Waals surface area contributed by atoms with Gasteiger partial charge in [0.05, 0.1) is 19.1 Å². The number of rotatable bonds is 7. The average Bonchev–Trinajstić information content (AvgIpc) is 3.06. The predicted molar refractivity (Wildman–Crippen MR) is 99.8 cm³/mol. The normalized spacial score (nSPS) is 21.2. The third kappa shape index (κ3) is 4.86. The van der Waals surface area contributed by atoms with Gasteiger partial charge in [-0.3, -0.25) is 4.79 Å². The average molecular weight is 364 g/mol. The van der Waals surface area contributed by atoms with Gasteiger partial charge in [0.15, 0.2) is 5.89 Å². The van der Waals surface area contributed by atoms with Gasteiger partial charge in [-0.1, -0.05) is 13.8 Å². The zero-order chi connectivity index (χ0) is 18.5. The monoisotopic (exact) mass is 363 g/mol.